The second-order valence-corrected chi connectivity index (χ2v) is 6.25. The van der Waals surface area contributed by atoms with Crippen molar-refractivity contribution < 1.29 is 4.39 Å². The van der Waals surface area contributed by atoms with Crippen molar-refractivity contribution in [2.45, 2.75) is 16.3 Å². The molecular weight excluding hydrogens is 307 g/mol. The lowest BCUT2D eigenvalue weighted by Gasteiger charge is -2.09. The summed E-state index contributed by atoms with van der Waals surface area (Å²) in [5.74, 6) is -0.237. The van der Waals surface area contributed by atoms with Gasteiger partial charge in [0.25, 0.3) is 0 Å². The Bertz CT molecular complexity index is 785. The highest BCUT2D eigenvalue weighted by molar-refractivity contribution is 7.99. The summed E-state index contributed by atoms with van der Waals surface area (Å²) in [4.78, 5) is 5.26. The van der Waals surface area contributed by atoms with Crippen molar-refractivity contribution in [1.82, 2.24) is 10.3 Å². The van der Waals surface area contributed by atoms with Gasteiger partial charge in [0.15, 0.2) is 0 Å². The maximum Gasteiger partial charge on any atom is 0.125 e. The molecule has 0 amide bonds. The molecule has 0 radical (unpaired) electrons. The van der Waals surface area contributed by atoms with Crippen LogP contribution >= 0.6 is 23.4 Å². The van der Waals surface area contributed by atoms with Crippen LogP contribution in [0.1, 0.15) is 5.56 Å². The predicted octanol–water partition coefficient (Wildman–Crippen LogP) is 4.83. The zero-order valence-electron chi connectivity index (χ0n) is 11.4. The van der Waals surface area contributed by atoms with E-state index >= 15 is 0 Å². The Morgan fingerprint density at radius 1 is 1.19 bits per heavy atom. The van der Waals surface area contributed by atoms with Gasteiger partial charge in [-0.25, -0.2) is 4.39 Å². The molecule has 3 rings (SSSR count). The Hall–Kier alpha value is -1.49. The summed E-state index contributed by atoms with van der Waals surface area (Å²) < 4.78 is 13.2. The number of halogens is 2. The number of H-pyrrole nitrogens is 1. The van der Waals surface area contributed by atoms with Gasteiger partial charge in [-0.1, -0.05) is 29.4 Å². The van der Waals surface area contributed by atoms with Crippen molar-refractivity contribution >= 4 is 34.3 Å². The minimum absolute atomic E-state index is 0.237. The normalized spacial score (nSPS) is 11.2. The molecule has 0 saturated heterocycles. The molecule has 1 heterocycles. The minimum atomic E-state index is -0.237. The Labute approximate surface area is 131 Å². The Morgan fingerprint density at radius 3 is 2.86 bits per heavy atom. The molecule has 0 saturated carbocycles. The van der Waals surface area contributed by atoms with Gasteiger partial charge < -0.3 is 10.3 Å². The van der Waals surface area contributed by atoms with Gasteiger partial charge in [0.2, 0.25) is 0 Å². The topological polar surface area (TPSA) is 27.8 Å². The SMILES string of the molecule is CNCc1ccc(Cl)cc1Sc1c[nH]c2cc(F)ccc12. The van der Waals surface area contributed by atoms with Gasteiger partial charge in [0.1, 0.15) is 5.82 Å². The fraction of sp³-hybridized carbons (Fsp3) is 0.125. The molecular formula is C16H14ClFN2S. The van der Waals surface area contributed by atoms with Gasteiger partial charge >= 0.3 is 0 Å². The van der Waals surface area contributed by atoms with Crippen LogP contribution in [0.5, 0.6) is 0 Å². The van der Waals surface area contributed by atoms with Crippen LogP contribution in [0, 0.1) is 5.82 Å². The van der Waals surface area contributed by atoms with Crippen LogP contribution in [0.2, 0.25) is 5.02 Å². The predicted molar refractivity (Wildman–Crippen MR) is 86.6 cm³/mol. The molecule has 0 aliphatic heterocycles. The van der Waals surface area contributed by atoms with E-state index in [9.17, 15) is 4.39 Å². The molecule has 0 spiro atoms. The van der Waals surface area contributed by atoms with Gasteiger partial charge in [-0.3, -0.25) is 0 Å². The molecule has 1 aromatic heterocycles. The zero-order chi connectivity index (χ0) is 14.8. The average Bonchev–Trinajstić information content (AvgIpc) is 2.84. The number of hydrogen-bond acceptors (Lipinski definition) is 2. The number of benzene rings is 2. The van der Waals surface area contributed by atoms with Crippen LogP contribution in [0.3, 0.4) is 0 Å². The summed E-state index contributed by atoms with van der Waals surface area (Å²) >= 11 is 7.74. The minimum Gasteiger partial charge on any atom is -0.360 e. The van der Waals surface area contributed by atoms with E-state index in [0.29, 0.717) is 5.02 Å². The fourth-order valence-corrected chi connectivity index (χ4v) is 3.57. The fourth-order valence-electron chi connectivity index (χ4n) is 2.23. The van der Waals surface area contributed by atoms with Gasteiger partial charge in [-0.2, -0.15) is 0 Å². The van der Waals surface area contributed by atoms with Crippen LogP contribution in [-0.4, -0.2) is 12.0 Å². The number of rotatable bonds is 4. The second-order valence-electron chi connectivity index (χ2n) is 4.73. The summed E-state index contributed by atoms with van der Waals surface area (Å²) in [6, 6.07) is 10.7. The van der Waals surface area contributed by atoms with Crippen molar-refractivity contribution in [3.8, 4) is 0 Å². The second kappa shape index (κ2) is 6.10. The zero-order valence-corrected chi connectivity index (χ0v) is 13.0. The summed E-state index contributed by atoms with van der Waals surface area (Å²) in [5, 5.41) is 4.88. The van der Waals surface area contributed by atoms with E-state index in [4.69, 9.17) is 11.6 Å². The molecule has 2 nitrogen and oxygen atoms in total. The van der Waals surface area contributed by atoms with Gasteiger partial charge in [0.05, 0.1) is 0 Å². The molecule has 2 aromatic carbocycles. The average molecular weight is 321 g/mol. The van der Waals surface area contributed by atoms with Crippen LogP contribution in [-0.2, 0) is 6.54 Å². The first-order valence-electron chi connectivity index (χ1n) is 6.55. The number of aromatic amines is 1. The van der Waals surface area contributed by atoms with Crippen molar-refractivity contribution in [3.63, 3.8) is 0 Å². The lowest BCUT2D eigenvalue weighted by Crippen LogP contribution is -2.05. The third-order valence-corrected chi connectivity index (χ3v) is 4.61. The Morgan fingerprint density at radius 2 is 2.05 bits per heavy atom. The summed E-state index contributed by atoms with van der Waals surface area (Å²) in [6.45, 7) is 0.774. The largest absolute Gasteiger partial charge is 0.360 e. The van der Waals surface area contributed by atoms with E-state index < -0.39 is 0 Å². The Kier molecular flexibility index (Phi) is 4.19. The lowest BCUT2D eigenvalue weighted by molar-refractivity contribution is 0.629. The molecule has 5 heteroatoms. The first-order valence-corrected chi connectivity index (χ1v) is 7.74. The third kappa shape index (κ3) is 3.07. The number of hydrogen-bond donors (Lipinski definition) is 2. The van der Waals surface area contributed by atoms with Crippen LogP contribution in [0.15, 0.2) is 52.4 Å². The molecule has 0 unspecified atom stereocenters. The maximum atomic E-state index is 13.2. The molecule has 0 atom stereocenters. The number of aromatic nitrogens is 1. The van der Waals surface area contributed by atoms with Gasteiger partial charge in [-0.05, 0) is 42.9 Å². The van der Waals surface area contributed by atoms with Crippen molar-refractivity contribution in [2.75, 3.05) is 7.05 Å². The highest BCUT2D eigenvalue weighted by Gasteiger charge is 2.10. The van der Waals surface area contributed by atoms with Crippen LogP contribution < -0.4 is 5.32 Å². The van der Waals surface area contributed by atoms with Crippen molar-refractivity contribution in [1.29, 1.82) is 0 Å². The van der Waals surface area contributed by atoms with E-state index in [2.05, 4.69) is 10.3 Å². The smallest absolute Gasteiger partial charge is 0.125 e. The lowest BCUT2D eigenvalue weighted by atomic mass is 10.2. The standard InChI is InChI=1S/C16H14ClFN2S/c1-19-8-10-2-3-11(17)6-15(10)21-16-9-20-14-7-12(18)4-5-13(14)16/h2-7,9,19-20H,8H2,1H3. The molecule has 0 fully saturated rings. The molecule has 0 aliphatic carbocycles. The number of fused-ring (bicyclic) bond motifs is 1. The highest BCUT2D eigenvalue weighted by Crippen LogP contribution is 2.36. The first-order chi connectivity index (χ1) is 10.2. The molecule has 0 bridgehead atoms. The summed E-state index contributed by atoms with van der Waals surface area (Å²) in [6.07, 6.45) is 1.90. The highest BCUT2D eigenvalue weighted by atomic mass is 35.5. The third-order valence-electron chi connectivity index (χ3n) is 3.22. The van der Waals surface area contributed by atoms with Crippen LogP contribution in [0.4, 0.5) is 4.39 Å². The molecule has 21 heavy (non-hydrogen) atoms. The van der Waals surface area contributed by atoms with E-state index in [0.717, 1.165) is 27.2 Å². The first kappa shape index (κ1) is 14.4. The van der Waals surface area contributed by atoms with E-state index in [1.807, 2.05) is 31.4 Å². The van der Waals surface area contributed by atoms with Crippen molar-refractivity contribution in [3.05, 3.63) is 59.0 Å². The summed E-state index contributed by atoms with van der Waals surface area (Å²) in [7, 11) is 1.91. The maximum absolute atomic E-state index is 13.2. The van der Waals surface area contributed by atoms with E-state index in [-0.39, 0.29) is 5.82 Å². The summed E-state index contributed by atoms with van der Waals surface area (Å²) in [5.41, 5.74) is 1.98. The van der Waals surface area contributed by atoms with Gasteiger partial charge in [0, 0.05) is 38.5 Å². The Balaban J connectivity index is 2.00. The van der Waals surface area contributed by atoms with E-state index in [1.165, 1.54) is 17.7 Å². The monoisotopic (exact) mass is 320 g/mol. The molecule has 2 N–H and O–H groups in total. The molecule has 108 valence electrons. The number of nitrogens with one attached hydrogen (secondary N) is 2. The molecule has 0 aliphatic rings. The van der Waals surface area contributed by atoms with Crippen molar-refractivity contribution in [2.24, 2.45) is 0 Å². The quantitative estimate of drug-likeness (QED) is 0.720. The van der Waals surface area contributed by atoms with Gasteiger partial charge in [-0.15, -0.1) is 0 Å². The van der Waals surface area contributed by atoms with Crippen LogP contribution in [0.25, 0.3) is 10.9 Å². The molecule has 3 aromatic rings. The van der Waals surface area contributed by atoms with E-state index in [1.54, 1.807) is 17.8 Å².